The topological polar surface area (TPSA) is 86.8 Å². The quantitative estimate of drug-likeness (QED) is 0.527. The SMILES string of the molecule is CNC(=O)C(C)N(Cc1ccccc1Cl)C(=O)CN(c1cccc2ccccc12)S(C)(=O)=O. The van der Waals surface area contributed by atoms with Crippen molar-refractivity contribution < 1.29 is 18.0 Å². The highest BCUT2D eigenvalue weighted by Crippen LogP contribution is 2.29. The summed E-state index contributed by atoms with van der Waals surface area (Å²) < 4.78 is 26.6. The molecule has 7 nitrogen and oxygen atoms in total. The van der Waals surface area contributed by atoms with E-state index in [0.29, 0.717) is 21.7 Å². The molecule has 0 saturated carbocycles. The average molecular weight is 488 g/mol. The molecule has 0 aliphatic carbocycles. The third kappa shape index (κ3) is 5.64. The van der Waals surface area contributed by atoms with Crippen LogP contribution in [0.2, 0.25) is 5.02 Å². The normalized spacial score (nSPS) is 12.2. The molecule has 0 spiro atoms. The number of amides is 2. The van der Waals surface area contributed by atoms with Crippen molar-refractivity contribution in [3.8, 4) is 0 Å². The lowest BCUT2D eigenvalue weighted by molar-refractivity contribution is -0.139. The van der Waals surface area contributed by atoms with E-state index in [4.69, 9.17) is 11.6 Å². The Morgan fingerprint density at radius 3 is 2.30 bits per heavy atom. The number of carbonyl (C=O) groups is 2. The van der Waals surface area contributed by atoms with Gasteiger partial charge < -0.3 is 10.2 Å². The second-order valence-electron chi connectivity index (χ2n) is 7.67. The summed E-state index contributed by atoms with van der Waals surface area (Å²) in [5, 5.41) is 4.55. The van der Waals surface area contributed by atoms with Gasteiger partial charge in [-0.15, -0.1) is 0 Å². The summed E-state index contributed by atoms with van der Waals surface area (Å²) >= 11 is 6.29. The number of anilines is 1. The van der Waals surface area contributed by atoms with Crippen molar-refractivity contribution in [1.29, 1.82) is 0 Å². The highest BCUT2D eigenvalue weighted by molar-refractivity contribution is 7.92. The maximum atomic E-state index is 13.5. The molecule has 0 saturated heterocycles. The smallest absolute Gasteiger partial charge is 0.244 e. The summed E-state index contributed by atoms with van der Waals surface area (Å²) in [6, 6.07) is 18.8. The average Bonchev–Trinajstić information content (AvgIpc) is 2.80. The van der Waals surface area contributed by atoms with Crippen LogP contribution < -0.4 is 9.62 Å². The molecule has 1 unspecified atom stereocenters. The van der Waals surface area contributed by atoms with Gasteiger partial charge in [0.2, 0.25) is 21.8 Å². The highest BCUT2D eigenvalue weighted by atomic mass is 35.5. The van der Waals surface area contributed by atoms with E-state index in [-0.39, 0.29) is 12.5 Å². The fraction of sp³-hybridized carbons (Fsp3) is 0.250. The maximum Gasteiger partial charge on any atom is 0.244 e. The first-order valence-electron chi connectivity index (χ1n) is 10.3. The lowest BCUT2D eigenvalue weighted by Gasteiger charge is -2.31. The van der Waals surface area contributed by atoms with E-state index in [1.165, 1.54) is 11.9 Å². The first kappa shape index (κ1) is 24.5. The molecule has 3 aromatic rings. The van der Waals surface area contributed by atoms with Crippen molar-refractivity contribution in [2.45, 2.75) is 19.5 Å². The molecular weight excluding hydrogens is 462 g/mol. The highest BCUT2D eigenvalue weighted by Gasteiger charge is 2.30. The largest absolute Gasteiger partial charge is 0.357 e. The number of fused-ring (bicyclic) bond motifs is 1. The van der Waals surface area contributed by atoms with E-state index in [2.05, 4.69) is 5.32 Å². The molecule has 9 heteroatoms. The fourth-order valence-electron chi connectivity index (χ4n) is 3.62. The van der Waals surface area contributed by atoms with Crippen LogP contribution >= 0.6 is 11.6 Å². The van der Waals surface area contributed by atoms with Crippen molar-refractivity contribution in [2.75, 3.05) is 24.2 Å². The van der Waals surface area contributed by atoms with Crippen LogP contribution in [0.5, 0.6) is 0 Å². The zero-order valence-electron chi connectivity index (χ0n) is 18.7. The Balaban J connectivity index is 2.01. The predicted molar refractivity (Wildman–Crippen MR) is 132 cm³/mol. The van der Waals surface area contributed by atoms with E-state index in [1.807, 2.05) is 30.3 Å². The van der Waals surface area contributed by atoms with Gasteiger partial charge in [-0.3, -0.25) is 13.9 Å². The minimum Gasteiger partial charge on any atom is -0.357 e. The van der Waals surface area contributed by atoms with E-state index in [0.717, 1.165) is 15.9 Å². The summed E-state index contributed by atoms with van der Waals surface area (Å²) in [7, 11) is -2.33. The molecule has 0 bridgehead atoms. The molecular formula is C24H26ClN3O4S. The number of benzene rings is 3. The number of carbonyl (C=O) groups excluding carboxylic acids is 2. The molecule has 1 atom stereocenters. The van der Waals surface area contributed by atoms with Crippen molar-refractivity contribution in [3.63, 3.8) is 0 Å². The van der Waals surface area contributed by atoms with Gasteiger partial charge in [0.25, 0.3) is 0 Å². The number of rotatable bonds is 8. The molecule has 3 aromatic carbocycles. The Kier molecular flexibility index (Phi) is 7.61. The number of hydrogen-bond donors (Lipinski definition) is 1. The van der Waals surface area contributed by atoms with Crippen molar-refractivity contribution >= 4 is 49.9 Å². The number of sulfonamides is 1. The van der Waals surface area contributed by atoms with Gasteiger partial charge in [-0.2, -0.15) is 0 Å². The molecule has 3 rings (SSSR count). The summed E-state index contributed by atoms with van der Waals surface area (Å²) in [6.45, 7) is 1.19. The molecule has 0 aliphatic rings. The molecule has 1 N–H and O–H groups in total. The number of nitrogens with zero attached hydrogens (tertiary/aromatic N) is 2. The summed E-state index contributed by atoms with van der Waals surface area (Å²) in [5.41, 5.74) is 1.05. The number of likely N-dealkylation sites (N-methyl/N-ethyl adjacent to an activating group) is 1. The minimum absolute atomic E-state index is 0.0558. The Bertz CT molecular complexity index is 1270. The van der Waals surface area contributed by atoms with Gasteiger partial charge >= 0.3 is 0 Å². The molecule has 33 heavy (non-hydrogen) atoms. The van der Waals surface area contributed by atoms with Crippen LogP contribution in [0, 0.1) is 0 Å². The number of halogens is 1. The molecule has 0 radical (unpaired) electrons. The molecule has 2 amide bonds. The number of hydrogen-bond acceptors (Lipinski definition) is 4. The zero-order chi connectivity index (χ0) is 24.2. The Morgan fingerprint density at radius 2 is 1.64 bits per heavy atom. The molecule has 0 aromatic heterocycles. The minimum atomic E-state index is -3.81. The van der Waals surface area contributed by atoms with Crippen LogP contribution in [0.1, 0.15) is 12.5 Å². The molecule has 0 aliphatic heterocycles. The zero-order valence-corrected chi connectivity index (χ0v) is 20.2. The van der Waals surface area contributed by atoms with Crippen molar-refractivity contribution in [2.24, 2.45) is 0 Å². The van der Waals surface area contributed by atoms with Gasteiger partial charge in [-0.25, -0.2) is 8.42 Å². The van der Waals surface area contributed by atoms with Crippen molar-refractivity contribution in [1.82, 2.24) is 10.2 Å². The third-order valence-electron chi connectivity index (χ3n) is 5.43. The Hall–Kier alpha value is -3.10. The van der Waals surface area contributed by atoms with E-state index < -0.39 is 28.5 Å². The van der Waals surface area contributed by atoms with Crippen LogP contribution in [0.3, 0.4) is 0 Å². The van der Waals surface area contributed by atoms with E-state index in [1.54, 1.807) is 43.3 Å². The van der Waals surface area contributed by atoms with E-state index >= 15 is 0 Å². The van der Waals surface area contributed by atoms with Gasteiger partial charge in [-0.05, 0) is 30.0 Å². The monoisotopic (exact) mass is 487 g/mol. The van der Waals surface area contributed by atoms with Gasteiger partial charge in [-0.1, -0.05) is 66.2 Å². The van der Waals surface area contributed by atoms with Gasteiger partial charge in [0, 0.05) is 24.0 Å². The van der Waals surface area contributed by atoms with Crippen LogP contribution in [0.4, 0.5) is 5.69 Å². The predicted octanol–water partition coefficient (Wildman–Crippen LogP) is 3.42. The first-order chi connectivity index (χ1) is 15.6. The maximum absolute atomic E-state index is 13.5. The first-order valence-corrected chi connectivity index (χ1v) is 12.6. The van der Waals surface area contributed by atoms with Crippen LogP contribution in [0.25, 0.3) is 10.8 Å². The van der Waals surface area contributed by atoms with Crippen molar-refractivity contribution in [3.05, 3.63) is 77.3 Å². The third-order valence-corrected chi connectivity index (χ3v) is 6.92. The Morgan fingerprint density at radius 1 is 1.00 bits per heavy atom. The number of nitrogens with one attached hydrogen (secondary N) is 1. The van der Waals surface area contributed by atoms with Crippen LogP contribution in [-0.2, 0) is 26.2 Å². The summed E-state index contributed by atoms with van der Waals surface area (Å²) in [5.74, 6) is -0.893. The molecule has 0 fully saturated rings. The van der Waals surface area contributed by atoms with E-state index in [9.17, 15) is 18.0 Å². The second-order valence-corrected chi connectivity index (χ2v) is 9.99. The summed E-state index contributed by atoms with van der Waals surface area (Å²) in [4.78, 5) is 27.2. The fourth-order valence-corrected chi connectivity index (χ4v) is 4.68. The van der Waals surface area contributed by atoms with Gasteiger partial charge in [0.05, 0.1) is 11.9 Å². The Labute approximate surface area is 199 Å². The van der Waals surface area contributed by atoms with Gasteiger partial charge in [0.15, 0.2) is 0 Å². The standard InChI is InChI=1S/C24H26ClN3O4S/c1-17(24(30)26-2)27(15-19-10-5-7-13-21(19)25)23(29)16-28(33(3,31)32)22-14-8-11-18-9-4-6-12-20(18)22/h4-14,17H,15-16H2,1-3H3,(H,26,30). The van der Waals surface area contributed by atoms with Gasteiger partial charge in [0.1, 0.15) is 12.6 Å². The lowest BCUT2D eigenvalue weighted by Crippen LogP contribution is -2.50. The summed E-state index contributed by atoms with van der Waals surface area (Å²) in [6.07, 6.45) is 1.06. The van der Waals surface area contributed by atoms with Crippen LogP contribution in [-0.4, -0.2) is 51.0 Å². The molecule has 0 heterocycles. The second kappa shape index (κ2) is 10.2. The van der Waals surface area contributed by atoms with Crippen LogP contribution in [0.15, 0.2) is 66.7 Å². The molecule has 174 valence electrons. The lowest BCUT2D eigenvalue weighted by atomic mass is 10.1.